The van der Waals surface area contributed by atoms with E-state index < -0.39 is 29.8 Å². The highest BCUT2D eigenvalue weighted by atomic mass is 35.5. The second-order valence-corrected chi connectivity index (χ2v) is 10.0. The molecule has 39 heavy (non-hydrogen) atoms. The van der Waals surface area contributed by atoms with Crippen molar-refractivity contribution in [3.05, 3.63) is 62.3 Å². The maximum Gasteiger partial charge on any atom is 0.407 e. The summed E-state index contributed by atoms with van der Waals surface area (Å²) in [6, 6.07) is 8.12. The summed E-state index contributed by atoms with van der Waals surface area (Å²) in [6.07, 6.45) is -0.137. The van der Waals surface area contributed by atoms with Gasteiger partial charge in [-0.1, -0.05) is 23.2 Å². The smallest absolute Gasteiger partial charge is 0.407 e. The van der Waals surface area contributed by atoms with Crippen molar-refractivity contribution in [3.8, 4) is 5.75 Å². The minimum absolute atomic E-state index is 0.00464. The molecule has 0 unspecified atom stereocenters. The number of aryl methyl sites for hydroxylation is 1. The first-order valence-electron chi connectivity index (χ1n) is 11.8. The number of carbonyl (C=O) groups is 2. The Morgan fingerprint density at radius 1 is 1.18 bits per heavy atom. The Morgan fingerprint density at radius 2 is 1.92 bits per heavy atom. The quantitative estimate of drug-likeness (QED) is 0.149. The van der Waals surface area contributed by atoms with Crippen LogP contribution in [0, 0.1) is 6.57 Å². The van der Waals surface area contributed by atoms with Crippen LogP contribution < -0.4 is 20.9 Å². The van der Waals surface area contributed by atoms with E-state index in [4.69, 9.17) is 39.2 Å². The second kappa shape index (κ2) is 12.7. The number of alkyl carbamates (subject to hydrolysis) is 1. The Morgan fingerprint density at radius 3 is 2.59 bits per heavy atom. The van der Waals surface area contributed by atoms with Gasteiger partial charge in [0, 0.05) is 24.2 Å². The molecular formula is C26H27Cl2N5O6. The monoisotopic (exact) mass is 575 g/mol. The van der Waals surface area contributed by atoms with Crippen LogP contribution in [-0.2, 0) is 20.8 Å². The third-order valence-corrected chi connectivity index (χ3v) is 5.72. The molecule has 13 heteroatoms. The van der Waals surface area contributed by atoms with Gasteiger partial charge in [-0.05, 0) is 57.5 Å². The van der Waals surface area contributed by atoms with E-state index in [1.165, 1.54) is 23.8 Å². The van der Waals surface area contributed by atoms with Crippen LogP contribution in [0.2, 0.25) is 10.2 Å². The number of hydrogen-bond donors (Lipinski definition) is 2. The molecule has 206 valence electrons. The number of ether oxygens (including phenoxy) is 3. The number of benzene rings is 1. The van der Waals surface area contributed by atoms with Crippen LogP contribution in [0.15, 0.2) is 35.1 Å². The van der Waals surface area contributed by atoms with Gasteiger partial charge in [-0.3, -0.25) is 4.79 Å². The van der Waals surface area contributed by atoms with Crippen molar-refractivity contribution < 1.29 is 23.8 Å². The molecule has 0 fully saturated rings. The lowest BCUT2D eigenvalue weighted by Crippen LogP contribution is -2.33. The number of nitrogens with zero attached hydrogens (tertiary/aromatic N) is 3. The second-order valence-electron chi connectivity index (χ2n) is 9.25. The molecule has 11 nitrogen and oxygen atoms in total. The lowest BCUT2D eigenvalue weighted by atomic mass is 10.1. The van der Waals surface area contributed by atoms with Gasteiger partial charge in [0.1, 0.15) is 16.6 Å². The zero-order valence-corrected chi connectivity index (χ0v) is 23.3. The minimum Gasteiger partial charge on any atom is -0.476 e. The summed E-state index contributed by atoms with van der Waals surface area (Å²) in [5.74, 6) is -0.443. The molecule has 1 amide bonds. The Labute approximate surface area is 234 Å². The highest BCUT2D eigenvalue weighted by molar-refractivity contribution is 6.36. The molecule has 2 aromatic heterocycles. The zero-order chi connectivity index (χ0) is 28.7. The number of hydrogen-bond acceptors (Lipinski definition) is 8. The molecule has 0 aliphatic heterocycles. The van der Waals surface area contributed by atoms with E-state index in [0.717, 1.165) is 0 Å². The fourth-order valence-corrected chi connectivity index (χ4v) is 3.84. The average Bonchev–Trinajstić information content (AvgIpc) is 2.87. The molecule has 0 saturated carbocycles. The van der Waals surface area contributed by atoms with Gasteiger partial charge in [-0.2, -0.15) is 0 Å². The minimum atomic E-state index is -0.640. The Bertz CT molecular complexity index is 1490. The molecule has 3 rings (SSSR count). The van der Waals surface area contributed by atoms with Gasteiger partial charge in [0.05, 0.1) is 24.2 Å². The molecule has 0 aliphatic carbocycles. The molecule has 2 N–H and O–H groups in total. The van der Waals surface area contributed by atoms with E-state index in [2.05, 4.69) is 25.2 Å². The van der Waals surface area contributed by atoms with Crippen molar-refractivity contribution in [2.24, 2.45) is 0 Å². The van der Waals surface area contributed by atoms with Crippen molar-refractivity contribution in [2.75, 3.05) is 25.6 Å². The van der Waals surface area contributed by atoms with Crippen molar-refractivity contribution in [1.29, 1.82) is 0 Å². The van der Waals surface area contributed by atoms with Gasteiger partial charge in [-0.15, -0.1) is 0 Å². The van der Waals surface area contributed by atoms with Gasteiger partial charge in [0.25, 0.3) is 5.56 Å². The number of fused-ring (bicyclic) bond motifs is 1. The Hall–Kier alpha value is -4.01. The highest BCUT2D eigenvalue weighted by Crippen LogP contribution is 2.33. The molecule has 2 heterocycles. The predicted molar refractivity (Wildman–Crippen MR) is 148 cm³/mol. The van der Waals surface area contributed by atoms with Crippen molar-refractivity contribution in [3.63, 3.8) is 0 Å². The standard InChI is InChI=1S/C26H27Cl2N5O6/c1-26(2,3)39-25(36)30-9-6-10-33-19-8-7-16(31-23-17(27)13-18(29-4)22(28)32-23)11-15(19)12-20(24(33)35)38-14-21(34)37-5/h7-8,11-13H,6,9-10,14H2,1-3,5H3,(H,30,36)(H,31,32). The number of halogens is 2. The topological polar surface area (TPSA) is 125 Å². The molecule has 0 bridgehead atoms. The van der Waals surface area contributed by atoms with Crippen molar-refractivity contribution in [2.45, 2.75) is 39.3 Å². The summed E-state index contributed by atoms with van der Waals surface area (Å²) in [5, 5.41) is 6.54. The summed E-state index contributed by atoms with van der Waals surface area (Å²) >= 11 is 12.3. The van der Waals surface area contributed by atoms with Crippen molar-refractivity contribution in [1.82, 2.24) is 14.9 Å². The van der Waals surface area contributed by atoms with Crippen LogP contribution in [-0.4, -0.2) is 47.5 Å². The molecular weight excluding hydrogens is 549 g/mol. The molecule has 0 atom stereocenters. The van der Waals surface area contributed by atoms with E-state index in [1.54, 1.807) is 39.0 Å². The van der Waals surface area contributed by atoms with Crippen LogP contribution in [0.5, 0.6) is 5.75 Å². The van der Waals surface area contributed by atoms with Gasteiger partial charge in [0.15, 0.2) is 12.4 Å². The lowest BCUT2D eigenvalue weighted by Gasteiger charge is -2.20. The lowest BCUT2D eigenvalue weighted by molar-refractivity contribution is -0.142. The van der Waals surface area contributed by atoms with E-state index in [9.17, 15) is 14.4 Å². The molecule has 3 aromatic rings. The van der Waals surface area contributed by atoms with E-state index in [-0.39, 0.29) is 40.5 Å². The van der Waals surface area contributed by atoms with Crippen LogP contribution in [0.4, 0.5) is 22.0 Å². The first-order chi connectivity index (χ1) is 18.4. The van der Waals surface area contributed by atoms with Gasteiger partial charge < -0.3 is 29.4 Å². The summed E-state index contributed by atoms with van der Waals surface area (Å²) < 4.78 is 16.8. The number of aromatic nitrogens is 2. The number of esters is 1. The number of rotatable bonds is 9. The SMILES string of the molecule is [C-]#[N+]c1cc(Cl)c(Nc2ccc3c(c2)cc(OCC(=O)OC)c(=O)n3CCCNC(=O)OC(C)(C)C)nc1Cl. The normalized spacial score (nSPS) is 11.0. The number of pyridine rings is 2. The molecule has 0 spiro atoms. The van der Waals surface area contributed by atoms with Crippen molar-refractivity contribution >= 4 is 63.4 Å². The fraction of sp³-hybridized carbons (Fsp3) is 0.346. The van der Waals surface area contributed by atoms with Gasteiger partial charge >= 0.3 is 12.1 Å². The Balaban J connectivity index is 1.90. The van der Waals surface area contributed by atoms with Gasteiger partial charge in [-0.25, -0.2) is 19.4 Å². The van der Waals surface area contributed by atoms with E-state index in [1.807, 2.05) is 0 Å². The van der Waals surface area contributed by atoms with E-state index >= 15 is 0 Å². The van der Waals surface area contributed by atoms with Crippen LogP contribution >= 0.6 is 23.2 Å². The first-order valence-corrected chi connectivity index (χ1v) is 12.5. The number of nitrogens with one attached hydrogen (secondary N) is 2. The first kappa shape index (κ1) is 29.5. The molecule has 0 aliphatic rings. The summed E-state index contributed by atoms with van der Waals surface area (Å²) in [4.78, 5) is 44.2. The molecule has 0 radical (unpaired) electrons. The predicted octanol–water partition coefficient (Wildman–Crippen LogP) is 5.46. The Kier molecular flexibility index (Phi) is 9.61. The van der Waals surface area contributed by atoms with Crippen LogP contribution in [0.25, 0.3) is 15.7 Å². The van der Waals surface area contributed by atoms with Crippen LogP contribution in [0.3, 0.4) is 0 Å². The summed E-state index contributed by atoms with van der Waals surface area (Å²) in [7, 11) is 1.22. The molecule has 0 saturated heterocycles. The highest BCUT2D eigenvalue weighted by Gasteiger charge is 2.17. The maximum absolute atomic E-state index is 13.2. The third-order valence-electron chi connectivity index (χ3n) is 5.15. The number of amides is 1. The fourth-order valence-electron chi connectivity index (χ4n) is 3.46. The molecule has 1 aromatic carbocycles. The van der Waals surface area contributed by atoms with Gasteiger partial charge in [0.2, 0.25) is 5.69 Å². The average molecular weight is 576 g/mol. The third kappa shape index (κ3) is 7.99. The summed E-state index contributed by atoms with van der Waals surface area (Å²) in [6.45, 7) is 12.5. The summed E-state index contributed by atoms with van der Waals surface area (Å²) in [5.41, 5.74) is 0.213. The number of anilines is 2. The van der Waals surface area contributed by atoms with Crippen LogP contribution in [0.1, 0.15) is 27.2 Å². The largest absolute Gasteiger partial charge is 0.476 e. The maximum atomic E-state index is 13.2. The zero-order valence-electron chi connectivity index (χ0n) is 21.8. The van der Waals surface area contributed by atoms with E-state index in [0.29, 0.717) is 23.0 Å². The number of carbonyl (C=O) groups excluding carboxylic acids is 2. The number of methoxy groups -OCH3 is 1.